The van der Waals surface area contributed by atoms with Gasteiger partial charge in [0.05, 0.1) is 11.7 Å². The topological polar surface area (TPSA) is 101 Å². The number of benzene rings is 1. The van der Waals surface area contributed by atoms with Crippen molar-refractivity contribution in [3.8, 4) is 0 Å². The molecule has 0 aromatic heterocycles. The highest BCUT2D eigenvalue weighted by Crippen LogP contribution is 2.17. The fourth-order valence-electron chi connectivity index (χ4n) is 1.55. The maximum Gasteiger partial charge on any atom is 0.243 e. The van der Waals surface area contributed by atoms with E-state index in [1.54, 1.807) is 12.1 Å². The molecule has 112 valence electrons. The van der Waals surface area contributed by atoms with Crippen molar-refractivity contribution in [2.45, 2.75) is 44.2 Å². The van der Waals surface area contributed by atoms with Crippen molar-refractivity contribution >= 4 is 21.6 Å². The van der Waals surface area contributed by atoms with Gasteiger partial charge in [-0.3, -0.25) is 4.79 Å². The first-order valence-corrected chi connectivity index (χ1v) is 7.70. The smallest absolute Gasteiger partial charge is 0.243 e. The largest absolute Gasteiger partial charge is 0.398 e. The normalized spacial score (nSPS) is 13.8. The summed E-state index contributed by atoms with van der Waals surface area (Å²) in [6.45, 7) is 6.95. The van der Waals surface area contributed by atoms with Crippen LogP contribution in [0.4, 0.5) is 5.69 Å². The fourth-order valence-corrected chi connectivity index (χ4v) is 2.89. The van der Waals surface area contributed by atoms with Gasteiger partial charge in [0.15, 0.2) is 0 Å². The zero-order chi connectivity index (χ0) is 15.6. The molecule has 6 nitrogen and oxygen atoms in total. The number of para-hydroxylation sites is 1. The lowest BCUT2D eigenvalue weighted by atomic mass is 10.1. The molecule has 1 aromatic rings. The van der Waals surface area contributed by atoms with Gasteiger partial charge in [0.2, 0.25) is 15.9 Å². The number of nitrogen functional groups attached to an aromatic ring is 1. The molecule has 0 saturated heterocycles. The van der Waals surface area contributed by atoms with Crippen molar-refractivity contribution in [2.24, 2.45) is 0 Å². The van der Waals surface area contributed by atoms with Gasteiger partial charge >= 0.3 is 0 Å². The van der Waals surface area contributed by atoms with Crippen molar-refractivity contribution in [3.05, 3.63) is 24.3 Å². The SMILES string of the molecule is CC(NS(=O)(=O)c1ccccc1N)C(=O)NC(C)(C)C. The zero-order valence-electron chi connectivity index (χ0n) is 12.1. The summed E-state index contributed by atoms with van der Waals surface area (Å²) in [5.41, 5.74) is 5.35. The van der Waals surface area contributed by atoms with Crippen molar-refractivity contribution < 1.29 is 13.2 Å². The van der Waals surface area contributed by atoms with E-state index in [4.69, 9.17) is 5.73 Å². The van der Waals surface area contributed by atoms with E-state index in [1.165, 1.54) is 19.1 Å². The lowest BCUT2D eigenvalue weighted by Gasteiger charge is -2.23. The maximum absolute atomic E-state index is 12.2. The van der Waals surface area contributed by atoms with Gasteiger partial charge in [-0.2, -0.15) is 4.72 Å². The summed E-state index contributed by atoms with van der Waals surface area (Å²) < 4.78 is 26.6. The Morgan fingerprint density at radius 2 is 1.80 bits per heavy atom. The van der Waals surface area contributed by atoms with E-state index in [9.17, 15) is 13.2 Å². The number of carbonyl (C=O) groups excluding carboxylic acids is 1. The van der Waals surface area contributed by atoms with E-state index >= 15 is 0 Å². The molecule has 1 rings (SSSR count). The molecule has 0 aliphatic heterocycles. The average Bonchev–Trinajstić information content (AvgIpc) is 2.26. The van der Waals surface area contributed by atoms with Gasteiger partial charge in [0.1, 0.15) is 4.90 Å². The number of nitrogens with one attached hydrogen (secondary N) is 2. The lowest BCUT2D eigenvalue weighted by Crippen LogP contribution is -2.50. The Hall–Kier alpha value is -1.60. The molecule has 7 heteroatoms. The summed E-state index contributed by atoms with van der Waals surface area (Å²) >= 11 is 0. The number of nitrogens with two attached hydrogens (primary N) is 1. The molecule has 1 atom stereocenters. The average molecular weight is 299 g/mol. The minimum absolute atomic E-state index is 0.0320. The third-order valence-electron chi connectivity index (χ3n) is 2.43. The molecule has 0 heterocycles. The summed E-state index contributed by atoms with van der Waals surface area (Å²) in [6, 6.07) is 5.22. The van der Waals surface area contributed by atoms with Crippen molar-refractivity contribution in [2.75, 3.05) is 5.73 Å². The third-order valence-corrected chi connectivity index (χ3v) is 4.05. The predicted octanol–water partition coefficient (Wildman–Crippen LogP) is 0.850. The van der Waals surface area contributed by atoms with Crippen molar-refractivity contribution in [1.29, 1.82) is 0 Å². The number of carbonyl (C=O) groups is 1. The van der Waals surface area contributed by atoms with E-state index in [-0.39, 0.29) is 10.6 Å². The summed E-state index contributed by atoms with van der Waals surface area (Å²) in [5, 5.41) is 2.71. The highest BCUT2D eigenvalue weighted by molar-refractivity contribution is 7.89. The minimum Gasteiger partial charge on any atom is -0.398 e. The van der Waals surface area contributed by atoms with Crippen LogP contribution in [0.3, 0.4) is 0 Å². The maximum atomic E-state index is 12.2. The molecule has 4 N–H and O–H groups in total. The van der Waals surface area contributed by atoms with Gasteiger partial charge in [0, 0.05) is 5.54 Å². The molecule has 20 heavy (non-hydrogen) atoms. The van der Waals surface area contributed by atoms with Crippen LogP contribution in [-0.4, -0.2) is 25.9 Å². The van der Waals surface area contributed by atoms with Gasteiger partial charge in [-0.15, -0.1) is 0 Å². The molecule has 0 spiro atoms. The number of hydrogen-bond acceptors (Lipinski definition) is 4. The van der Waals surface area contributed by atoms with Crippen LogP contribution in [0, 0.1) is 0 Å². The second kappa shape index (κ2) is 5.80. The number of anilines is 1. The molecule has 0 bridgehead atoms. The Labute approximate surface area is 119 Å². The lowest BCUT2D eigenvalue weighted by molar-refractivity contribution is -0.123. The Kier molecular flexibility index (Phi) is 4.77. The van der Waals surface area contributed by atoms with Crippen LogP contribution in [0.5, 0.6) is 0 Å². The summed E-state index contributed by atoms with van der Waals surface area (Å²) in [5.74, 6) is -0.393. The van der Waals surface area contributed by atoms with Crippen LogP contribution in [0.25, 0.3) is 0 Å². The molecule has 0 fully saturated rings. The van der Waals surface area contributed by atoms with E-state index < -0.39 is 27.5 Å². The van der Waals surface area contributed by atoms with Crippen LogP contribution in [0.2, 0.25) is 0 Å². The molecule has 0 aliphatic carbocycles. The van der Waals surface area contributed by atoms with E-state index in [2.05, 4.69) is 10.0 Å². The van der Waals surface area contributed by atoms with Gasteiger partial charge in [-0.25, -0.2) is 8.42 Å². The summed E-state index contributed by atoms with van der Waals surface area (Å²) in [6.07, 6.45) is 0. The molecule has 1 amide bonds. The first-order chi connectivity index (χ1) is 9.03. The molecular formula is C13H21N3O3S. The van der Waals surface area contributed by atoms with E-state index in [1.807, 2.05) is 20.8 Å². The molecule has 1 unspecified atom stereocenters. The van der Waals surface area contributed by atoms with Gasteiger partial charge < -0.3 is 11.1 Å². The Balaban J connectivity index is 2.87. The van der Waals surface area contributed by atoms with Gasteiger partial charge in [0.25, 0.3) is 0 Å². The molecule has 0 aliphatic rings. The quantitative estimate of drug-likeness (QED) is 0.717. The number of sulfonamides is 1. The van der Waals surface area contributed by atoms with Crippen LogP contribution in [-0.2, 0) is 14.8 Å². The Bertz CT molecular complexity index is 591. The third kappa shape index (κ3) is 4.50. The monoisotopic (exact) mass is 299 g/mol. The highest BCUT2D eigenvalue weighted by Gasteiger charge is 2.25. The molecule has 0 radical (unpaired) electrons. The number of rotatable bonds is 4. The van der Waals surface area contributed by atoms with Gasteiger partial charge in [-0.05, 0) is 39.8 Å². The zero-order valence-corrected chi connectivity index (χ0v) is 12.9. The molecular weight excluding hydrogens is 278 g/mol. The number of amides is 1. The van der Waals surface area contributed by atoms with Crippen molar-refractivity contribution in [1.82, 2.24) is 10.0 Å². The first kappa shape index (κ1) is 16.5. The minimum atomic E-state index is -3.83. The standard InChI is InChI=1S/C13H21N3O3S/c1-9(12(17)15-13(2,3)4)16-20(18,19)11-8-6-5-7-10(11)14/h5-9,16H,14H2,1-4H3,(H,15,17). The summed E-state index contributed by atoms with van der Waals surface area (Å²) in [4.78, 5) is 11.9. The summed E-state index contributed by atoms with van der Waals surface area (Å²) in [7, 11) is -3.83. The van der Waals surface area contributed by atoms with Crippen LogP contribution < -0.4 is 15.8 Å². The molecule has 0 saturated carbocycles. The fraction of sp³-hybridized carbons (Fsp3) is 0.462. The number of hydrogen-bond donors (Lipinski definition) is 3. The van der Waals surface area contributed by atoms with E-state index in [0.29, 0.717) is 0 Å². The second-order valence-corrected chi connectivity index (χ2v) is 7.30. The van der Waals surface area contributed by atoms with Crippen molar-refractivity contribution in [3.63, 3.8) is 0 Å². The Morgan fingerprint density at radius 3 is 2.30 bits per heavy atom. The Morgan fingerprint density at radius 1 is 1.25 bits per heavy atom. The van der Waals surface area contributed by atoms with Crippen LogP contribution in [0.15, 0.2) is 29.2 Å². The molecule has 1 aromatic carbocycles. The predicted molar refractivity (Wildman–Crippen MR) is 78.5 cm³/mol. The van der Waals surface area contributed by atoms with E-state index in [0.717, 1.165) is 0 Å². The first-order valence-electron chi connectivity index (χ1n) is 6.22. The van der Waals surface area contributed by atoms with Gasteiger partial charge in [-0.1, -0.05) is 12.1 Å². The second-order valence-electron chi connectivity index (χ2n) is 5.62. The highest BCUT2D eigenvalue weighted by atomic mass is 32.2. The van der Waals surface area contributed by atoms with Crippen LogP contribution in [0.1, 0.15) is 27.7 Å². The van der Waals surface area contributed by atoms with Crippen LogP contribution >= 0.6 is 0 Å².